The molecule has 0 atom stereocenters. The van der Waals surface area contributed by atoms with Crippen molar-refractivity contribution in [1.82, 2.24) is 15.3 Å². The summed E-state index contributed by atoms with van der Waals surface area (Å²) in [5.41, 5.74) is 0.471. The first-order valence-corrected chi connectivity index (χ1v) is 10.00. The largest absolute Gasteiger partial charge is 0.444 e. The molecule has 0 bridgehead atoms. The lowest BCUT2D eigenvalue weighted by Crippen LogP contribution is -2.40. The van der Waals surface area contributed by atoms with Gasteiger partial charge in [-0.05, 0) is 39.5 Å². The van der Waals surface area contributed by atoms with Gasteiger partial charge in [-0.3, -0.25) is 0 Å². The fraction of sp³-hybridized carbons (Fsp3) is 0.476. The number of carbonyl (C=O) groups excluding carboxylic acids is 1. The number of hydrogen-bond donors (Lipinski definition) is 1. The van der Waals surface area contributed by atoms with Crippen molar-refractivity contribution >= 4 is 23.5 Å². The fourth-order valence-electron chi connectivity index (χ4n) is 3.19. The lowest BCUT2D eigenvalue weighted by atomic mass is 9.97. The van der Waals surface area contributed by atoms with E-state index in [0.717, 1.165) is 37.3 Å². The van der Waals surface area contributed by atoms with Gasteiger partial charge in [-0.25, -0.2) is 14.8 Å². The van der Waals surface area contributed by atoms with E-state index in [9.17, 15) is 4.79 Å². The zero-order chi connectivity index (χ0) is 20.1. The smallest absolute Gasteiger partial charge is 0.407 e. The topological polar surface area (TPSA) is 67.3 Å². The number of piperidine rings is 1. The predicted octanol–water partition coefficient (Wildman–Crippen LogP) is 4.54. The fourth-order valence-corrected chi connectivity index (χ4v) is 3.37. The van der Waals surface area contributed by atoms with Crippen LogP contribution in [0.1, 0.15) is 33.6 Å². The lowest BCUT2D eigenvalue weighted by molar-refractivity contribution is 0.0517. The molecule has 150 valence electrons. The molecule has 1 saturated heterocycles. The maximum absolute atomic E-state index is 11.8. The molecule has 1 amide bonds. The summed E-state index contributed by atoms with van der Waals surface area (Å²) < 4.78 is 5.30. The van der Waals surface area contributed by atoms with Gasteiger partial charge in [-0.1, -0.05) is 41.9 Å². The molecule has 7 heteroatoms. The first-order valence-electron chi connectivity index (χ1n) is 9.62. The molecular formula is C21H27ClN4O2. The van der Waals surface area contributed by atoms with Gasteiger partial charge >= 0.3 is 6.09 Å². The van der Waals surface area contributed by atoms with E-state index < -0.39 is 5.60 Å². The summed E-state index contributed by atoms with van der Waals surface area (Å²) in [5.74, 6) is 1.91. The van der Waals surface area contributed by atoms with Crippen LogP contribution in [0.2, 0.25) is 5.15 Å². The monoisotopic (exact) mass is 402 g/mol. The molecule has 1 aliphatic heterocycles. The van der Waals surface area contributed by atoms with E-state index in [4.69, 9.17) is 21.3 Å². The number of ether oxygens (including phenoxy) is 1. The van der Waals surface area contributed by atoms with Crippen molar-refractivity contribution in [1.29, 1.82) is 0 Å². The molecule has 1 aromatic heterocycles. The van der Waals surface area contributed by atoms with Gasteiger partial charge in [0.1, 0.15) is 16.6 Å². The van der Waals surface area contributed by atoms with Crippen molar-refractivity contribution in [3.8, 4) is 11.4 Å². The highest BCUT2D eigenvalue weighted by atomic mass is 35.5. The average Bonchev–Trinajstić information content (AvgIpc) is 2.66. The van der Waals surface area contributed by atoms with Crippen LogP contribution in [-0.2, 0) is 4.74 Å². The number of nitrogens with zero attached hydrogens (tertiary/aromatic N) is 3. The molecule has 1 aromatic carbocycles. The van der Waals surface area contributed by atoms with E-state index in [0.29, 0.717) is 23.4 Å². The zero-order valence-electron chi connectivity index (χ0n) is 16.6. The Morgan fingerprint density at radius 2 is 1.89 bits per heavy atom. The lowest BCUT2D eigenvalue weighted by Gasteiger charge is -2.33. The number of amides is 1. The Hall–Kier alpha value is -2.34. The molecule has 6 nitrogen and oxygen atoms in total. The second kappa shape index (κ2) is 8.78. The van der Waals surface area contributed by atoms with Crippen molar-refractivity contribution in [2.24, 2.45) is 5.92 Å². The van der Waals surface area contributed by atoms with E-state index >= 15 is 0 Å². The van der Waals surface area contributed by atoms with Gasteiger partial charge in [0.25, 0.3) is 0 Å². The van der Waals surface area contributed by atoms with Gasteiger partial charge in [0, 0.05) is 31.3 Å². The Labute approximate surface area is 171 Å². The Balaban J connectivity index is 1.56. The van der Waals surface area contributed by atoms with E-state index in [-0.39, 0.29) is 6.09 Å². The molecule has 0 radical (unpaired) electrons. The van der Waals surface area contributed by atoms with Crippen molar-refractivity contribution in [3.63, 3.8) is 0 Å². The number of hydrogen-bond acceptors (Lipinski definition) is 5. The first kappa shape index (κ1) is 20.4. The molecule has 3 rings (SSSR count). The van der Waals surface area contributed by atoms with Gasteiger partial charge in [0.2, 0.25) is 0 Å². The molecule has 1 aliphatic rings. The molecule has 28 heavy (non-hydrogen) atoms. The number of rotatable bonds is 4. The van der Waals surface area contributed by atoms with Gasteiger partial charge in [0.15, 0.2) is 5.82 Å². The van der Waals surface area contributed by atoms with Crippen LogP contribution in [0.4, 0.5) is 10.6 Å². The third-order valence-electron chi connectivity index (χ3n) is 4.59. The number of aromatic nitrogens is 2. The Kier molecular flexibility index (Phi) is 6.39. The second-order valence-corrected chi connectivity index (χ2v) is 8.44. The standard InChI is InChI=1S/C21H27ClN4O2/c1-21(2,3)28-20(27)23-14-15-9-11-26(12-10-15)18-13-17(22)24-19(25-18)16-7-5-4-6-8-16/h4-8,13,15H,9-12,14H2,1-3H3,(H,23,27). The predicted molar refractivity (Wildman–Crippen MR) is 112 cm³/mol. The van der Waals surface area contributed by atoms with Crippen molar-refractivity contribution in [2.75, 3.05) is 24.5 Å². The highest BCUT2D eigenvalue weighted by Gasteiger charge is 2.23. The van der Waals surface area contributed by atoms with Crippen molar-refractivity contribution < 1.29 is 9.53 Å². The second-order valence-electron chi connectivity index (χ2n) is 8.05. The van der Waals surface area contributed by atoms with Crippen molar-refractivity contribution in [3.05, 3.63) is 41.6 Å². The highest BCUT2D eigenvalue weighted by molar-refractivity contribution is 6.29. The van der Waals surface area contributed by atoms with Crippen LogP contribution in [0.5, 0.6) is 0 Å². The highest BCUT2D eigenvalue weighted by Crippen LogP contribution is 2.26. The summed E-state index contributed by atoms with van der Waals surface area (Å²) in [6.45, 7) is 7.94. The maximum atomic E-state index is 11.8. The molecule has 2 aromatic rings. The van der Waals surface area contributed by atoms with Crippen LogP contribution in [-0.4, -0.2) is 41.3 Å². The van der Waals surface area contributed by atoms with Gasteiger partial charge in [0.05, 0.1) is 0 Å². The van der Waals surface area contributed by atoms with Crippen molar-refractivity contribution in [2.45, 2.75) is 39.2 Å². The number of benzene rings is 1. The van der Waals surface area contributed by atoms with E-state index in [1.54, 1.807) is 0 Å². The Bertz CT molecular complexity index is 800. The van der Waals surface area contributed by atoms with Gasteiger partial charge in [-0.15, -0.1) is 0 Å². The molecule has 0 saturated carbocycles. The summed E-state index contributed by atoms with van der Waals surface area (Å²) in [6, 6.07) is 11.7. The first-order chi connectivity index (χ1) is 13.3. The van der Waals surface area contributed by atoms with E-state index in [1.165, 1.54) is 0 Å². The summed E-state index contributed by atoms with van der Waals surface area (Å²) >= 11 is 6.25. The number of halogens is 1. The third kappa shape index (κ3) is 5.83. The Morgan fingerprint density at radius 1 is 1.21 bits per heavy atom. The summed E-state index contributed by atoms with van der Waals surface area (Å²) in [7, 11) is 0. The minimum atomic E-state index is -0.476. The SMILES string of the molecule is CC(C)(C)OC(=O)NCC1CCN(c2cc(Cl)nc(-c3ccccc3)n2)CC1. The van der Waals surface area contributed by atoms with Crippen LogP contribution in [0.3, 0.4) is 0 Å². The van der Waals surface area contributed by atoms with Crippen LogP contribution in [0, 0.1) is 5.92 Å². The molecule has 0 spiro atoms. The summed E-state index contributed by atoms with van der Waals surface area (Å²) in [5, 5.41) is 3.32. The van der Waals surface area contributed by atoms with E-state index in [2.05, 4.69) is 15.2 Å². The van der Waals surface area contributed by atoms with Crippen LogP contribution >= 0.6 is 11.6 Å². The number of nitrogens with one attached hydrogen (secondary N) is 1. The van der Waals surface area contributed by atoms with Crippen LogP contribution < -0.4 is 10.2 Å². The average molecular weight is 403 g/mol. The normalized spacial score (nSPS) is 15.4. The number of alkyl carbamates (subject to hydrolysis) is 1. The zero-order valence-corrected chi connectivity index (χ0v) is 17.4. The number of anilines is 1. The van der Waals surface area contributed by atoms with Gasteiger partial charge in [-0.2, -0.15) is 0 Å². The Morgan fingerprint density at radius 3 is 2.54 bits per heavy atom. The van der Waals surface area contributed by atoms with E-state index in [1.807, 2.05) is 57.2 Å². The molecular weight excluding hydrogens is 376 g/mol. The minimum Gasteiger partial charge on any atom is -0.444 e. The number of carbonyl (C=O) groups is 1. The van der Waals surface area contributed by atoms with Crippen LogP contribution in [0.15, 0.2) is 36.4 Å². The minimum absolute atomic E-state index is 0.356. The van der Waals surface area contributed by atoms with Crippen LogP contribution in [0.25, 0.3) is 11.4 Å². The summed E-state index contributed by atoms with van der Waals surface area (Å²) in [6.07, 6.45) is 1.58. The molecule has 1 N–H and O–H groups in total. The quantitative estimate of drug-likeness (QED) is 0.760. The molecule has 2 heterocycles. The molecule has 0 unspecified atom stereocenters. The third-order valence-corrected chi connectivity index (χ3v) is 4.78. The molecule has 1 fully saturated rings. The molecule has 0 aliphatic carbocycles. The maximum Gasteiger partial charge on any atom is 0.407 e. The van der Waals surface area contributed by atoms with Gasteiger partial charge < -0.3 is 15.0 Å². The summed E-state index contributed by atoms with van der Waals surface area (Å²) in [4.78, 5) is 23.1.